The van der Waals surface area contributed by atoms with Gasteiger partial charge in [0.15, 0.2) is 0 Å². The van der Waals surface area contributed by atoms with Crippen LogP contribution < -0.4 is 0 Å². The Hall–Kier alpha value is -4.52. The molecule has 0 bridgehead atoms. The SMILES string of the molecule is C=C/C=C(\C=C/C)COCC1(c2cc(-c3ccc(C)cc3)n(-c3ccc(C(=O)N=[N+]=[N-])cc3)n2)CCC(=O)CC1. The van der Waals surface area contributed by atoms with Gasteiger partial charge in [0.25, 0.3) is 0 Å². The molecule has 0 unspecified atom stereocenters. The first-order valence-electron chi connectivity index (χ1n) is 13.3. The molecule has 1 heterocycles. The highest BCUT2D eigenvalue weighted by Crippen LogP contribution is 2.40. The quantitative estimate of drug-likeness (QED) is 0.117. The van der Waals surface area contributed by atoms with Gasteiger partial charge in [0, 0.05) is 34.3 Å². The lowest BCUT2D eigenvalue weighted by Crippen LogP contribution is -2.37. The molecule has 204 valence electrons. The lowest BCUT2D eigenvalue weighted by atomic mass is 9.72. The van der Waals surface area contributed by atoms with Crippen LogP contribution in [-0.4, -0.2) is 34.7 Å². The molecule has 0 atom stereocenters. The maximum absolute atomic E-state index is 12.3. The molecule has 1 aromatic heterocycles. The highest BCUT2D eigenvalue weighted by molar-refractivity contribution is 5.95. The average molecular weight is 536 g/mol. The maximum Gasteiger partial charge on any atom is 0.249 e. The maximum atomic E-state index is 12.3. The summed E-state index contributed by atoms with van der Waals surface area (Å²) >= 11 is 0. The molecule has 8 nitrogen and oxygen atoms in total. The summed E-state index contributed by atoms with van der Waals surface area (Å²) in [4.78, 5) is 26.9. The van der Waals surface area contributed by atoms with Gasteiger partial charge in [0.1, 0.15) is 5.78 Å². The van der Waals surface area contributed by atoms with Crippen LogP contribution in [0.2, 0.25) is 0 Å². The molecule has 1 aliphatic carbocycles. The van der Waals surface area contributed by atoms with Gasteiger partial charge in [-0.1, -0.05) is 60.7 Å². The smallest absolute Gasteiger partial charge is 0.249 e. The number of Topliss-reactive ketones (excluding diaryl/α,β-unsaturated/α-hetero) is 1. The van der Waals surface area contributed by atoms with Crippen LogP contribution in [0.5, 0.6) is 0 Å². The standard InChI is InChI=1S/C32H33N5O3/c1-4-6-24(7-5-2)21-40-22-32(18-16-28(38)17-19-32)30-20-29(25-10-8-23(3)9-11-25)37(35-30)27-14-12-26(13-15-27)31(39)34-36-33/h4-15,20H,1,16-19,21-22H2,2-3H3/b7-5-,24-6+. The molecule has 4 rings (SSSR count). The fourth-order valence-electron chi connectivity index (χ4n) is 4.97. The number of ketones is 1. The van der Waals surface area contributed by atoms with Gasteiger partial charge < -0.3 is 4.74 Å². The van der Waals surface area contributed by atoms with Gasteiger partial charge >= 0.3 is 0 Å². The molecule has 0 aliphatic heterocycles. The van der Waals surface area contributed by atoms with Crippen molar-refractivity contribution in [2.75, 3.05) is 13.2 Å². The topological polar surface area (TPSA) is 110 Å². The number of ether oxygens (including phenoxy) is 1. The van der Waals surface area contributed by atoms with E-state index in [2.05, 4.69) is 46.9 Å². The molecule has 3 aromatic rings. The summed E-state index contributed by atoms with van der Waals surface area (Å²) in [5.74, 6) is -0.380. The van der Waals surface area contributed by atoms with Crippen molar-refractivity contribution in [2.24, 2.45) is 5.11 Å². The predicted octanol–water partition coefficient (Wildman–Crippen LogP) is 7.38. The summed E-state index contributed by atoms with van der Waals surface area (Å²) in [6.45, 7) is 8.65. The highest BCUT2D eigenvalue weighted by Gasteiger charge is 2.39. The molecule has 0 spiro atoms. The number of aromatic nitrogens is 2. The van der Waals surface area contributed by atoms with Crippen molar-refractivity contribution in [3.63, 3.8) is 0 Å². The summed E-state index contributed by atoms with van der Waals surface area (Å²) in [5.41, 5.74) is 14.1. The van der Waals surface area contributed by atoms with Gasteiger partial charge in [0.05, 0.1) is 30.3 Å². The minimum Gasteiger partial charge on any atom is -0.376 e. The van der Waals surface area contributed by atoms with E-state index in [1.165, 1.54) is 0 Å². The Kier molecular flexibility index (Phi) is 9.27. The number of azide groups is 1. The number of benzene rings is 2. The zero-order valence-corrected chi connectivity index (χ0v) is 22.9. The lowest BCUT2D eigenvalue weighted by Gasteiger charge is -2.35. The zero-order chi connectivity index (χ0) is 28.5. The fraction of sp³-hybridized carbons (Fsp3) is 0.281. The largest absolute Gasteiger partial charge is 0.376 e. The molecular formula is C32H33N5O3. The van der Waals surface area contributed by atoms with Crippen LogP contribution in [0.25, 0.3) is 27.4 Å². The van der Waals surface area contributed by atoms with Gasteiger partial charge in [-0.25, -0.2) is 4.68 Å². The van der Waals surface area contributed by atoms with Crippen molar-refractivity contribution in [3.8, 4) is 16.9 Å². The number of amides is 1. The number of allylic oxidation sites excluding steroid dienone is 3. The van der Waals surface area contributed by atoms with Crippen molar-refractivity contribution in [1.82, 2.24) is 9.78 Å². The van der Waals surface area contributed by atoms with E-state index in [1.807, 2.05) is 36.8 Å². The minimum atomic E-state index is -0.639. The number of carbonyl (C=O) groups excluding carboxylic acids is 2. The third kappa shape index (κ3) is 6.54. The number of rotatable bonds is 10. The number of nitrogens with zero attached hydrogens (tertiary/aromatic N) is 5. The average Bonchev–Trinajstić information content (AvgIpc) is 3.41. The lowest BCUT2D eigenvalue weighted by molar-refractivity contribution is -0.122. The summed E-state index contributed by atoms with van der Waals surface area (Å²) in [6, 6.07) is 17.1. The molecule has 40 heavy (non-hydrogen) atoms. The monoisotopic (exact) mass is 535 g/mol. The second-order valence-corrected chi connectivity index (χ2v) is 10.0. The van der Waals surface area contributed by atoms with Gasteiger partial charge in [-0.3, -0.25) is 9.59 Å². The van der Waals surface area contributed by atoms with Crippen LogP contribution in [0, 0.1) is 6.92 Å². The molecule has 1 fully saturated rings. The van der Waals surface area contributed by atoms with Crippen molar-refractivity contribution >= 4 is 11.7 Å². The van der Waals surface area contributed by atoms with E-state index >= 15 is 0 Å². The Morgan fingerprint density at radius 3 is 2.50 bits per heavy atom. The Morgan fingerprint density at radius 2 is 1.88 bits per heavy atom. The van der Waals surface area contributed by atoms with Crippen molar-refractivity contribution in [2.45, 2.75) is 44.9 Å². The second kappa shape index (κ2) is 13.0. The first-order chi connectivity index (χ1) is 19.4. The van der Waals surface area contributed by atoms with E-state index in [0.29, 0.717) is 44.5 Å². The van der Waals surface area contributed by atoms with E-state index in [9.17, 15) is 9.59 Å². The first kappa shape index (κ1) is 28.5. The summed E-state index contributed by atoms with van der Waals surface area (Å²) in [5, 5.41) is 8.27. The number of aryl methyl sites for hydroxylation is 1. The molecular weight excluding hydrogens is 502 g/mol. The van der Waals surface area contributed by atoms with Gasteiger partial charge in [0.2, 0.25) is 5.91 Å². The van der Waals surface area contributed by atoms with Crippen LogP contribution in [0.3, 0.4) is 0 Å². The predicted molar refractivity (Wildman–Crippen MR) is 156 cm³/mol. The van der Waals surface area contributed by atoms with E-state index in [4.69, 9.17) is 15.4 Å². The molecule has 0 N–H and O–H groups in total. The molecule has 0 radical (unpaired) electrons. The highest BCUT2D eigenvalue weighted by atomic mass is 16.5. The van der Waals surface area contributed by atoms with E-state index < -0.39 is 11.3 Å². The molecule has 2 aromatic carbocycles. The van der Waals surface area contributed by atoms with Gasteiger partial charge in [-0.15, -0.1) is 0 Å². The molecule has 1 amide bonds. The summed E-state index contributed by atoms with van der Waals surface area (Å²) in [7, 11) is 0. The molecule has 0 saturated heterocycles. The Morgan fingerprint density at radius 1 is 1.18 bits per heavy atom. The van der Waals surface area contributed by atoms with Crippen LogP contribution in [0.1, 0.15) is 54.2 Å². The zero-order valence-electron chi connectivity index (χ0n) is 22.9. The molecule has 1 saturated carbocycles. The summed E-state index contributed by atoms with van der Waals surface area (Å²) < 4.78 is 8.13. The van der Waals surface area contributed by atoms with E-state index in [1.54, 1.807) is 30.3 Å². The van der Waals surface area contributed by atoms with Crippen LogP contribution >= 0.6 is 0 Å². The van der Waals surface area contributed by atoms with Crippen LogP contribution in [0.15, 0.2) is 96.2 Å². The Bertz CT molecular complexity index is 1480. The van der Waals surface area contributed by atoms with Gasteiger partial charge in [-0.05, 0) is 73.2 Å². The number of hydrogen-bond acceptors (Lipinski definition) is 4. The fourth-order valence-corrected chi connectivity index (χ4v) is 4.97. The molecule has 8 heteroatoms. The third-order valence-corrected chi connectivity index (χ3v) is 7.22. The van der Waals surface area contributed by atoms with Crippen molar-refractivity contribution < 1.29 is 14.3 Å². The normalized spacial score (nSPS) is 15.2. The van der Waals surface area contributed by atoms with Crippen molar-refractivity contribution in [1.29, 1.82) is 0 Å². The third-order valence-electron chi connectivity index (χ3n) is 7.22. The van der Waals surface area contributed by atoms with Gasteiger partial charge in [-0.2, -0.15) is 5.10 Å². The number of hydrogen-bond donors (Lipinski definition) is 0. The number of carbonyl (C=O) groups is 2. The Labute approximate surface area is 234 Å². The minimum absolute atomic E-state index is 0.259. The van der Waals surface area contributed by atoms with Crippen LogP contribution in [0.4, 0.5) is 0 Å². The first-order valence-corrected chi connectivity index (χ1v) is 13.3. The molecule has 1 aliphatic rings. The van der Waals surface area contributed by atoms with E-state index in [-0.39, 0.29) is 5.78 Å². The second-order valence-electron chi connectivity index (χ2n) is 10.0. The Balaban J connectivity index is 1.76. The van der Waals surface area contributed by atoms with E-state index in [0.717, 1.165) is 33.8 Å². The van der Waals surface area contributed by atoms with Crippen molar-refractivity contribution in [3.05, 3.63) is 118 Å². The summed E-state index contributed by atoms with van der Waals surface area (Å²) in [6.07, 6.45) is 9.91. The van der Waals surface area contributed by atoms with Crippen LogP contribution in [-0.2, 0) is 14.9 Å².